The van der Waals surface area contributed by atoms with Gasteiger partial charge in [-0.1, -0.05) is 0 Å². The first-order valence-electron chi connectivity index (χ1n) is 4.88. The van der Waals surface area contributed by atoms with Crippen molar-refractivity contribution in [3.63, 3.8) is 0 Å². The highest BCUT2D eigenvalue weighted by atomic mass is 16.5. The fraction of sp³-hybridized carbons (Fsp3) is 0.300. The molecule has 0 aliphatic heterocycles. The first-order valence-corrected chi connectivity index (χ1v) is 4.88. The SMILES string of the molecule is COc1ncccc1NC(=O)C(N)CC(N)=O. The fourth-order valence-electron chi connectivity index (χ4n) is 1.18. The van der Waals surface area contributed by atoms with Gasteiger partial charge in [0.25, 0.3) is 0 Å². The Morgan fingerprint density at radius 3 is 2.88 bits per heavy atom. The molecule has 92 valence electrons. The molecule has 1 unspecified atom stereocenters. The maximum Gasteiger partial charge on any atom is 0.241 e. The first-order chi connectivity index (χ1) is 8.04. The predicted molar refractivity (Wildman–Crippen MR) is 61.2 cm³/mol. The number of aromatic nitrogens is 1. The van der Waals surface area contributed by atoms with Crippen molar-refractivity contribution in [2.45, 2.75) is 12.5 Å². The number of pyridine rings is 1. The van der Waals surface area contributed by atoms with Crippen LogP contribution >= 0.6 is 0 Å². The number of carbonyl (C=O) groups is 2. The summed E-state index contributed by atoms with van der Waals surface area (Å²) in [5.74, 6) is -0.881. The van der Waals surface area contributed by atoms with Crippen molar-refractivity contribution in [2.24, 2.45) is 11.5 Å². The number of hydrogen-bond donors (Lipinski definition) is 3. The minimum atomic E-state index is -0.989. The Kier molecular flexibility index (Phi) is 4.41. The van der Waals surface area contributed by atoms with Gasteiger partial charge in [0.05, 0.1) is 19.6 Å². The number of nitrogens with zero attached hydrogens (tertiary/aromatic N) is 1. The van der Waals surface area contributed by atoms with Crippen LogP contribution in [-0.2, 0) is 9.59 Å². The summed E-state index contributed by atoms with van der Waals surface area (Å²) in [4.78, 5) is 26.1. The molecule has 1 atom stereocenters. The summed E-state index contributed by atoms with van der Waals surface area (Å²) in [5.41, 5.74) is 10.8. The molecule has 1 heterocycles. The van der Waals surface area contributed by atoms with Crippen molar-refractivity contribution in [2.75, 3.05) is 12.4 Å². The number of methoxy groups -OCH3 is 1. The molecule has 1 aromatic rings. The third kappa shape index (κ3) is 3.72. The van der Waals surface area contributed by atoms with Gasteiger partial charge < -0.3 is 21.5 Å². The second kappa shape index (κ2) is 5.80. The normalized spacial score (nSPS) is 11.6. The molecule has 0 fully saturated rings. The molecule has 17 heavy (non-hydrogen) atoms. The highest BCUT2D eigenvalue weighted by Gasteiger charge is 2.17. The van der Waals surface area contributed by atoms with E-state index >= 15 is 0 Å². The molecule has 7 heteroatoms. The van der Waals surface area contributed by atoms with E-state index in [2.05, 4.69) is 10.3 Å². The summed E-state index contributed by atoms with van der Waals surface area (Å²) in [7, 11) is 1.43. The van der Waals surface area contributed by atoms with Gasteiger partial charge in [0.2, 0.25) is 17.7 Å². The zero-order valence-electron chi connectivity index (χ0n) is 9.34. The van der Waals surface area contributed by atoms with E-state index < -0.39 is 17.9 Å². The molecule has 1 aromatic heterocycles. The van der Waals surface area contributed by atoms with Gasteiger partial charge in [-0.25, -0.2) is 4.98 Å². The van der Waals surface area contributed by atoms with Gasteiger partial charge in [-0.3, -0.25) is 9.59 Å². The number of ether oxygens (including phenoxy) is 1. The predicted octanol–water partition coefficient (Wildman–Crippen LogP) is -0.769. The standard InChI is InChI=1S/C10H14N4O3/c1-17-10-7(3-2-4-13-10)14-9(16)6(11)5-8(12)15/h2-4,6H,5,11H2,1H3,(H2,12,15)(H,14,16). The minimum Gasteiger partial charge on any atom is -0.480 e. The number of carbonyl (C=O) groups excluding carboxylic acids is 2. The monoisotopic (exact) mass is 238 g/mol. The van der Waals surface area contributed by atoms with Crippen molar-refractivity contribution < 1.29 is 14.3 Å². The van der Waals surface area contributed by atoms with E-state index in [-0.39, 0.29) is 12.3 Å². The second-order valence-electron chi connectivity index (χ2n) is 3.33. The minimum absolute atomic E-state index is 0.214. The lowest BCUT2D eigenvalue weighted by Gasteiger charge is -2.12. The first kappa shape index (κ1) is 12.9. The van der Waals surface area contributed by atoms with Crippen LogP contribution < -0.4 is 21.5 Å². The van der Waals surface area contributed by atoms with Gasteiger partial charge in [-0.2, -0.15) is 0 Å². The Bertz CT molecular complexity index is 422. The summed E-state index contributed by atoms with van der Waals surface area (Å²) in [6.07, 6.45) is 1.31. The molecule has 0 aromatic carbocycles. The molecule has 0 saturated heterocycles. The third-order valence-electron chi connectivity index (χ3n) is 1.98. The Balaban J connectivity index is 2.70. The maximum atomic E-state index is 11.6. The fourth-order valence-corrected chi connectivity index (χ4v) is 1.18. The molecule has 1 rings (SSSR count). The summed E-state index contributed by atoms with van der Waals surface area (Å²) in [6, 6.07) is 2.26. The average Bonchev–Trinajstić information content (AvgIpc) is 2.28. The third-order valence-corrected chi connectivity index (χ3v) is 1.98. The van der Waals surface area contributed by atoms with Crippen molar-refractivity contribution in [1.82, 2.24) is 4.98 Å². The molecular formula is C10H14N4O3. The smallest absolute Gasteiger partial charge is 0.241 e. The van der Waals surface area contributed by atoms with Crippen molar-refractivity contribution in [1.29, 1.82) is 0 Å². The van der Waals surface area contributed by atoms with E-state index in [0.29, 0.717) is 5.69 Å². The molecule has 0 bridgehead atoms. The molecule has 0 radical (unpaired) electrons. The zero-order valence-corrected chi connectivity index (χ0v) is 9.34. The Hall–Kier alpha value is -2.15. The summed E-state index contributed by atoms with van der Waals surface area (Å²) < 4.78 is 4.95. The van der Waals surface area contributed by atoms with E-state index in [1.165, 1.54) is 13.3 Å². The number of nitrogens with two attached hydrogens (primary N) is 2. The van der Waals surface area contributed by atoms with Gasteiger partial charge >= 0.3 is 0 Å². The molecule has 7 nitrogen and oxygen atoms in total. The molecule has 0 aliphatic carbocycles. The van der Waals surface area contributed by atoms with Crippen LogP contribution in [0.1, 0.15) is 6.42 Å². The van der Waals surface area contributed by atoms with Gasteiger partial charge in [0.1, 0.15) is 5.69 Å². The molecule has 0 spiro atoms. The quantitative estimate of drug-likeness (QED) is 0.622. The van der Waals surface area contributed by atoms with Crippen molar-refractivity contribution in [3.8, 4) is 5.88 Å². The average molecular weight is 238 g/mol. The van der Waals surface area contributed by atoms with Crippen molar-refractivity contribution in [3.05, 3.63) is 18.3 Å². The summed E-state index contributed by atoms with van der Waals surface area (Å²) in [6.45, 7) is 0. The van der Waals surface area contributed by atoms with Crippen LogP contribution in [0.5, 0.6) is 5.88 Å². The number of rotatable bonds is 5. The van der Waals surface area contributed by atoms with Crippen LogP contribution in [0, 0.1) is 0 Å². The lowest BCUT2D eigenvalue weighted by Crippen LogP contribution is -2.39. The van der Waals surface area contributed by atoms with E-state index in [0.717, 1.165) is 0 Å². The van der Waals surface area contributed by atoms with Crippen LogP contribution in [-0.4, -0.2) is 29.9 Å². The summed E-state index contributed by atoms with van der Waals surface area (Å²) in [5, 5.41) is 2.51. The van der Waals surface area contributed by atoms with Crippen LogP contribution in [0.4, 0.5) is 5.69 Å². The number of amides is 2. The Morgan fingerprint density at radius 1 is 1.59 bits per heavy atom. The largest absolute Gasteiger partial charge is 0.480 e. The van der Waals surface area contributed by atoms with Crippen LogP contribution in [0.25, 0.3) is 0 Å². The Morgan fingerprint density at radius 2 is 2.29 bits per heavy atom. The van der Waals surface area contributed by atoms with Crippen LogP contribution in [0.2, 0.25) is 0 Å². The Labute approximate surface area is 98.1 Å². The maximum absolute atomic E-state index is 11.6. The highest BCUT2D eigenvalue weighted by molar-refractivity contribution is 5.97. The number of hydrogen-bond acceptors (Lipinski definition) is 5. The van der Waals surface area contributed by atoms with Gasteiger partial charge in [-0.15, -0.1) is 0 Å². The number of anilines is 1. The molecule has 0 aliphatic rings. The van der Waals surface area contributed by atoms with Gasteiger partial charge in [-0.05, 0) is 12.1 Å². The molecule has 0 saturated carbocycles. The number of primary amides is 1. The van der Waals surface area contributed by atoms with Gasteiger partial charge in [0.15, 0.2) is 0 Å². The van der Waals surface area contributed by atoms with E-state index in [4.69, 9.17) is 16.2 Å². The van der Waals surface area contributed by atoms with E-state index in [1.54, 1.807) is 12.1 Å². The lowest BCUT2D eigenvalue weighted by molar-refractivity contribution is -0.123. The van der Waals surface area contributed by atoms with Gasteiger partial charge in [0, 0.05) is 6.20 Å². The van der Waals surface area contributed by atoms with E-state index in [1.807, 2.05) is 0 Å². The highest BCUT2D eigenvalue weighted by Crippen LogP contribution is 2.19. The second-order valence-corrected chi connectivity index (χ2v) is 3.33. The molecule has 5 N–H and O–H groups in total. The van der Waals surface area contributed by atoms with Crippen LogP contribution in [0.15, 0.2) is 18.3 Å². The van der Waals surface area contributed by atoms with E-state index in [9.17, 15) is 9.59 Å². The topological polar surface area (TPSA) is 120 Å². The summed E-state index contributed by atoms with van der Waals surface area (Å²) >= 11 is 0. The van der Waals surface area contributed by atoms with Crippen molar-refractivity contribution >= 4 is 17.5 Å². The molecule has 2 amide bonds. The number of nitrogens with one attached hydrogen (secondary N) is 1. The molecular weight excluding hydrogens is 224 g/mol. The lowest BCUT2D eigenvalue weighted by atomic mass is 10.2. The zero-order chi connectivity index (χ0) is 12.8. The van der Waals surface area contributed by atoms with Crippen LogP contribution in [0.3, 0.4) is 0 Å².